The van der Waals surface area contributed by atoms with Crippen molar-refractivity contribution in [2.75, 3.05) is 0 Å². The first-order valence-electron chi connectivity index (χ1n) is 8.51. The van der Waals surface area contributed by atoms with Crippen LogP contribution in [0.4, 0.5) is 4.39 Å². The van der Waals surface area contributed by atoms with Gasteiger partial charge in [0.1, 0.15) is 5.82 Å². The molecule has 0 saturated carbocycles. The Morgan fingerprint density at radius 2 is 1.56 bits per heavy atom. The number of halogens is 1. The van der Waals surface area contributed by atoms with Gasteiger partial charge >= 0.3 is 0 Å². The molecule has 0 aliphatic heterocycles. The molecule has 2 aromatic rings. The van der Waals surface area contributed by atoms with Gasteiger partial charge in [-0.3, -0.25) is 9.59 Å². The van der Waals surface area contributed by atoms with E-state index in [1.165, 1.54) is 24.4 Å². The summed E-state index contributed by atoms with van der Waals surface area (Å²) in [6.07, 6.45) is 3.27. The average Bonchev–Trinajstić information content (AvgIpc) is 2.65. The fraction of sp³-hybridized carbons (Fsp3) is 0.182. The highest BCUT2D eigenvalue weighted by atomic mass is 19.1. The zero-order valence-corrected chi connectivity index (χ0v) is 15.6. The van der Waals surface area contributed by atoms with Crippen LogP contribution in [0.1, 0.15) is 42.3 Å². The van der Waals surface area contributed by atoms with Crippen LogP contribution in [-0.2, 0) is 10.2 Å². The number of aldehydes is 1. The Kier molecular flexibility index (Phi) is 6.29. The van der Waals surface area contributed by atoms with Crippen molar-refractivity contribution in [1.82, 2.24) is 5.32 Å². The van der Waals surface area contributed by atoms with Crippen LogP contribution in [0, 0.1) is 5.82 Å². The molecular formula is C22H23FN2O2. The third-order valence-corrected chi connectivity index (χ3v) is 4.07. The van der Waals surface area contributed by atoms with Gasteiger partial charge < -0.3 is 11.1 Å². The number of benzene rings is 2. The van der Waals surface area contributed by atoms with E-state index in [1.54, 1.807) is 24.3 Å². The molecule has 0 bridgehead atoms. The first-order valence-corrected chi connectivity index (χ1v) is 8.51. The molecule has 0 radical (unpaired) electrons. The van der Waals surface area contributed by atoms with Crippen molar-refractivity contribution in [1.29, 1.82) is 0 Å². The quantitative estimate of drug-likeness (QED) is 0.478. The number of amides is 1. The van der Waals surface area contributed by atoms with Gasteiger partial charge in [-0.25, -0.2) is 4.39 Å². The molecule has 0 aliphatic rings. The predicted octanol–water partition coefficient (Wildman–Crippen LogP) is 3.94. The van der Waals surface area contributed by atoms with Crippen molar-refractivity contribution < 1.29 is 14.0 Å². The summed E-state index contributed by atoms with van der Waals surface area (Å²) in [7, 11) is 0. The summed E-state index contributed by atoms with van der Waals surface area (Å²) in [6.45, 7) is 6.27. The first kappa shape index (κ1) is 20.1. The van der Waals surface area contributed by atoms with E-state index >= 15 is 0 Å². The Balaban J connectivity index is 2.19. The molecule has 0 unspecified atom stereocenters. The summed E-state index contributed by atoms with van der Waals surface area (Å²) in [4.78, 5) is 23.8. The lowest BCUT2D eigenvalue weighted by Crippen LogP contribution is -2.24. The minimum Gasteiger partial charge on any atom is -0.404 e. The van der Waals surface area contributed by atoms with E-state index in [0.29, 0.717) is 23.0 Å². The van der Waals surface area contributed by atoms with Gasteiger partial charge in [-0.2, -0.15) is 0 Å². The van der Waals surface area contributed by atoms with Crippen LogP contribution in [0.5, 0.6) is 0 Å². The second kappa shape index (κ2) is 8.45. The number of nitrogens with two attached hydrogens (primary N) is 1. The second-order valence-corrected chi connectivity index (χ2v) is 7.13. The lowest BCUT2D eigenvalue weighted by Gasteiger charge is -2.19. The number of allylic oxidation sites excluding steroid dienone is 3. The van der Waals surface area contributed by atoms with Gasteiger partial charge in [-0.05, 0) is 52.5 Å². The lowest BCUT2D eigenvalue weighted by atomic mass is 9.87. The molecule has 3 N–H and O–H groups in total. The zero-order chi connectivity index (χ0) is 20.0. The van der Waals surface area contributed by atoms with Gasteiger partial charge in [0.2, 0.25) is 0 Å². The summed E-state index contributed by atoms with van der Waals surface area (Å²) < 4.78 is 13.1. The molecule has 0 aromatic heterocycles. The van der Waals surface area contributed by atoms with Crippen molar-refractivity contribution in [2.45, 2.75) is 26.2 Å². The Morgan fingerprint density at radius 3 is 2.04 bits per heavy atom. The summed E-state index contributed by atoms with van der Waals surface area (Å²) in [5.74, 6) is -0.772. The highest BCUT2D eigenvalue weighted by molar-refractivity contribution is 5.99. The summed E-state index contributed by atoms with van der Waals surface area (Å²) in [5.41, 5.74) is 8.32. The molecule has 2 rings (SSSR count). The van der Waals surface area contributed by atoms with E-state index in [0.717, 1.165) is 5.56 Å². The van der Waals surface area contributed by atoms with E-state index in [9.17, 15) is 14.0 Å². The predicted molar refractivity (Wildman–Crippen MR) is 105 cm³/mol. The second-order valence-electron chi connectivity index (χ2n) is 7.13. The minimum atomic E-state index is -0.399. The topological polar surface area (TPSA) is 72.2 Å². The number of hydrogen-bond acceptors (Lipinski definition) is 3. The molecule has 0 atom stereocenters. The molecule has 27 heavy (non-hydrogen) atoms. The van der Waals surface area contributed by atoms with E-state index in [-0.39, 0.29) is 16.9 Å². The molecule has 0 saturated heterocycles. The molecule has 140 valence electrons. The van der Waals surface area contributed by atoms with Crippen molar-refractivity contribution in [3.8, 4) is 0 Å². The number of carbonyl (C=O) groups is 2. The standard InChI is InChI=1S/C22H23FN2O2/c1-22(2,3)18-8-4-16(5-9-18)21(27)25-20(14-26)12-17(13-24)15-6-10-19(23)11-7-15/h4-14H,24H2,1-3H3,(H,25,27)/b17-13+,20-12+. The largest absolute Gasteiger partial charge is 0.404 e. The highest BCUT2D eigenvalue weighted by Crippen LogP contribution is 2.22. The number of hydrogen-bond donors (Lipinski definition) is 2. The van der Waals surface area contributed by atoms with Gasteiger partial charge in [0.05, 0.1) is 5.70 Å². The maximum absolute atomic E-state index is 13.1. The molecule has 0 fully saturated rings. The van der Waals surface area contributed by atoms with E-state index in [2.05, 4.69) is 26.1 Å². The molecule has 0 heterocycles. The fourth-order valence-electron chi connectivity index (χ4n) is 2.46. The van der Waals surface area contributed by atoms with Crippen LogP contribution < -0.4 is 11.1 Å². The third-order valence-electron chi connectivity index (χ3n) is 4.07. The van der Waals surface area contributed by atoms with E-state index in [1.807, 2.05) is 12.1 Å². The summed E-state index contributed by atoms with van der Waals surface area (Å²) in [6, 6.07) is 12.9. The normalized spacial score (nSPS) is 12.6. The average molecular weight is 366 g/mol. The Morgan fingerprint density at radius 1 is 1.00 bits per heavy atom. The first-order chi connectivity index (χ1) is 12.7. The SMILES string of the molecule is CC(C)(C)c1ccc(C(=O)N/C(C=O)=C/C(=C\N)c2ccc(F)cc2)cc1. The zero-order valence-electron chi connectivity index (χ0n) is 15.6. The Labute approximate surface area is 158 Å². The maximum atomic E-state index is 13.1. The number of carbonyl (C=O) groups excluding carboxylic acids is 2. The molecule has 5 heteroatoms. The Hall–Kier alpha value is -3.21. The molecule has 2 aromatic carbocycles. The monoisotopic (exact) mass is 366 g/mol. The van der Waals surface area contributed by atoms with Crippen LogP contribution in [-0.4, -0.2) is 12.2 Å². The van der Waals surface area contributed by atoms with Gasteiger partial charge in [-0.1, -0.05) is 45.0 Å². The molecule has 4 nitrogen and oxygen atoms in total. The van der Waals surface area contributed by atoms with Crippen molar-refractivity contribution in [3.63, 3.8) is 0 Å². The van der Waals surface area contributed by atoms with Crippen LogP contribution >= 0.6 is 0 Å². The number of nitrogens with one attached hydrogen (secondary N) is 1. The molecule has 1 amide bonds. The van der Waals surface area contributed by atoms with Gasteiger partial charge in [0, 0.05) is 11.8 Å². The van der Waals surface area contributed by atoms with Crippen LogP contribution in [0.3, 0.4) is 0 Å². The Bertz CT molecular complexity index is 874. The fourth-order valence-corrected chi connectivity index (χ4v) is 2.46. The van der Waals surface area contributed by atoms with Crippen LogP contribution in [0.2, 0.25) is 0 Å². The maximum Gasteiger partial charge on any atom is 0.255 e. The number of rotatable bonds is 5. The third kappa shape index (κ3) is 5.38. The lowest BCUT2D eigenvalue weighted by molar-refractivity contribution is -0.105. The minimum absolute atomic E-state index is 0.0150. The molecule has 0 aliphatic carbocycles. The summed E-state index contributed by atoms with van der Waals surface area (Å²) >= 11 is 0. The van der Waals surface area contributed by atoms with E-state index < -0.39 is 5.91 Å². The molecular weight excluding hydrogens is 343 g/mol. The summed E-state index contributed by atoms with van der Waals surface area (Å²) in [5, 5.41) is 2.57. The van der Waals surface area contributed by atoms with Crippen LogP contribution in [0.15, 0.2) is 66.5 Å². The van der Waals surface area contributed by atoms with Gasteiger partial charge in [-0.15, -0.1) is 0 Å². The van der Waals surface area contributed by atoms with Crippen molar-refractivity contribution in [3.05, 3.63) is 89.0 Å². The van der Waals surface area contributed by atoms with Crippen molar-refractivity contribution >= 4 is 17.8 Å². The van der Waals surface area contributed by atoms with Gasteiger partial charge in [0.15, 0.2) is 6.29 Å². The van der Waals surface area contributed by atoms with Crippen LogP contribution in [0.25, 0.3) is 5.57 Å². The highest BCUT2D eigenvalue weighted by Gasteiger charge is 2.15. The smallest absolute Gasteiger partial charge is 0.255 e. The van der Waals surface area contributed by atoms with Crippen molar-refractivity contribution in [2.24, 2.45) is 5.73 Å². The van der Waals surface area contributed by atoms with E-state index in [4.69, 9.17) is 5.73 Å². The van der Waals surface area contributed by atoms with Gasteiger partial charge in [0.25, 0.3) is 5.91 Å². The molecule has 0 spiro atoms.